The van der Waals surface area contributed by atoms with Gasteiger partial charge < -0.3 is 5.32 Å². The standard InChI is InChI=1S/C26H32N4/c1-20-9-5-6-13-24(20)30-26-23(12-7-8-16-27-26)25(28-30)22-14-17-29(18-15-22)19-21-10-3-2-4-11-21/h2-6,9-11,13,22,27H,7-8,12,14-19H2,1H3. The van der Waals surface area contributed by atoms with Gasteiger partial charge in [0.05, 0.1) is 11.4 Å². The number of likely N-dealkylation sites (tertiary alicyclic amines) is 1. The van der Waals surface area contributed by atoms with Crippen LogP contribution in [0, 0.1) is 6.92 Å². The van der Waals surface area contributed by atoms with E-state index < -0.39 is 0 Å². The summed E-state index contributed by atoms with van der Waals surface area (Å²) in [5.41, 5.74) is 6.71. The van der Waals surface area contributed by atoms with Gasteiger partial charge in [0.1, 0.15) is 5.82 Å². The molecule has 1 saturated heterocycles. The van der Waals surface area contributed by atoms with Gasteiger partial charge in [-0.3, -0.25) is 4.90 Å². The summed E-state index contributed by atoms with van der Waals surface area (Å²) >= 11 is 0. The number of hydrogen-bond donors (Lipinski definition) is 1. The van der Waals surface area contributed by atoms with Crippen molar-refractivity contribution in [1.82, 2.24) is 14.7 Å². The Labute approximate surface area is 179 Å². The summed E-state index contributed by atoms with van der Waals surface area (Å²) in [7, 11) is 0. The summed E-state index contributed by atoms with van der Waals surface area (Å²) in [4.78, 5) is 2.60. The molecule has 0 spiro atoms. The second kappa shape index (κ2) is 8.65. The maximum atomic E-state index is 5.23. The lowest BCUT2D eigenvalue weighted by atomic mass is 9.90. The summed E-state index contributed by atoms with van der Waals surface area (Å²) in [5.74, 6) is 1.81. The topological polar surface area (TPSA) is 33.1 Å². The van der Waals surface area contributed by atoms with Crippen LogP contribution in [0.2, 0.25) is 0 Å². The zero-order valence-corrected chi connectivity index (χ0v) is 18.0. The van der Waals surface area contributed by atoms with Crippen molar-refractivity contribution in [2.45, 2.75) is 51.5 Å². The van der Waals surface area contributed by atoms with Gasteiger partial charge >= 0.3 is 0 Å². The Morgan fingerprint density at radius 2 is 1.73 bits per heavy atom. The highest BCUT2D eigenvalue weighted by Gasteiger charge is 2.29. The van der Waals surface area contributed by atoms with Crippen LogP contribution in [0.1, 0.15) is 54.0 Å². The first-order valence-corrected chi connectivity index (χ1v) is 11.5. The van der Waals surface area contributed by atoms with Crippen LogP contribution in [0.25, 0.3) is 5.69 Å². The fourth-order valence-corrected chi connectivity index (χ4v) is 5.04. The molecule has 5 rings (SSSR count). The van der Waals surface area contributed by atoms with Gasteiger partial charge in [-0.1, -0.05) is 48.5 Å². The monoisotopic (exact) mass is 400 g/mol. The van der Waals surface area contributed by atoms with Crippen molar-refractivity contribution >= 4 is 5.82 Å². The van der Waals surface area contributed by atoms with Gasteiger partial charge in [-0.05, 0) is 69.3 Å². The maximum Gasteiger partial charge on any atom is 0.133 e. The molecule has 0 unspecified atom stereocenters. The molecule has 1 N–H and O–H groups in total. The van der Waals surface area contributed by atoms with Gasteiger partial charge in [-0.15, -0.1) is 0 Å². The van der Waals surface area contributed by atoms with Crippen molar-refractivity contribution in [2.24, 2.45) is 0 Å². The first-order chi connectivity index (χ1) is 14.8. The van der Waals surface area contributed by atoms with E-state index >= 15 is 0 Å². The van der Waals surface area contributed by atoms with Crippen molar-refractivity contribution < 1.29 is 0 Å². The molecule has 2 aromatic carbocycles. The summed E-state index contributed by atoms with van der Waals surface area (Å²) in [6, 6.07) is 19.5. The minimum absolute atomic E-state index is 0.566. The number of rotatable bonds is 4. The van der Waals surface area contributed by atoms with Gasteiger partial charge in [0, 0.05) is 24.6 Å². The Kier molecular flexibility index (Phi) is 5.58. The van der Waals surface area contributed by atoms with Gasteiger partial charge in [0.25, 0.3) is 0 Å². The summed E-state index contributed by atoms with van der Waals surface area (Å²) < 4.78 is 2.20. The molecule has 0 saturated carbocycles. The van der Waals surface area contributed by atoms with Crippen molar-refractivity contribution in [3.05, 3.63) is 77.0 Å². The molecule has 3 heterocycles. The van der Waals surface area contributed by atoms with Gasteiger partial charge in [-0.2, -0.15) is 5.10 Å². The number of piperidine rings is 1. The fourth-order valence-electron chi connectivity index (χ4n) is 5.04. The van der Waals surface area contributed by atoms with Crippen LogP contribution in [0.15, 0.2) is 54.6 Å². The number of nitrogens with one attached hydrogen (secondary N) is 1. The lowest BCUT2D eigenvalue weighted by Crippen LogP contribution is -2.32. The number of aromatic nitrogens is 2. The first kappa shape index (κ1) is 19.4. The van der Waals surface area contributed by atoms with Crippen LogP contribution < -0.4 is 5.32 Å². The zero-order valence-electron chi connectivity index (χ0n) is 18.0. The first-order valence-electron chi connectivity index (χ1n) is 11.5. The highest BCUT2D eigenvalue weighted by Crippen LogP contribution is 2.37. The molecular weight excluding hydrogens is 368 g/mol. The number of hydrogen-bond acceptors (Lipinski definition) is 3. The van der Waals surface area contributed by atoms with E-state index in [1.807, 2.05) is 0 Å². The second-order valence-electron chi connectivity index (χ2n) is 8.83. The fraction of sp³-hybridized carbons (Fsp3) is 0.423. The third-order valence-electron chi connectivity index (χ3n) is 6.73. The molecular formula is C26H32N4. The van der Waals surface area contributed by atoms with E-state index in [9.17, 15) is 0 Å². The average Bonchev–Trinajstić information content (AvgIpc) is 2.96. The molecule has 4 nitrogen and oxygen atoms in total. The molecule has 0 amide bonds. The Balaban J connectivity index is 1.39. The van der Waals surface area contributed by atoms with Crippen LogP contribution in [0.3, 0.4) is 0 Å². The number of nitrogens with zero attached hydrogens (tertiary/aromatic N) is 3. The zero-order chi connectivity index (χ0) is 20.3. The molecule has 30 heavy (non-hydrogen) atoms. The molecule has 0 radical (unpaired) electrons. The third-order valence-corrected chi connectivity index (χ3v) is 6.73. The molecule has 3 aromatic rings. The molecule has 1 fully saturated rings. The van der Waals surface area contributed by atoms with Crippen LogP contribution in [-0.2, 0) is 13.0 Å². The molecule has 0 bridgehead atoms. The maximum absolute atomic E-state index is 5.23. The SMILES string of the molecule is Cc1ccccc1-n1nc(C2CCN(Cc3ccccc3)CC2)c2c1NCCCC2. The van der Waals surface area contributed by atoms with E-state index in [4.69, 9.17) is 5.10 Å². The lowest BCUT2D eigenvalue weighted by Gasteiger charge is -2.31. The van der Waals surface area contributed by atoms with Crippen LogP contribution in [-0.4, -0.2) is 34.3 Å². The van der Waals surface area contributed by atoms with E-state index in [-0.39, 0.29) is 0 Å². The lowest BCUT2D eigenvalue weighted by molar-refractivity contribution is 0.203. The van der Waals surface area contributed by atoms with Crippen molar-refractivity contribution in [1.29, 1.82) is 0 Å². The van der Waals surface area contributed by atoms with Crippen molar-refractivity contribution in [3.8, 4) is 5.69 Å². The van der Waals surface area contributed by atoms with Crippen molar-refractivity contribution in [3.63, 3.8) is 0 Å². The van der Waals surface area contributed by atoms with E-state index in [1.54, 1.807) is 0 Å². The van der Waals surface area contributed by atoms with E-state index in [0.29, 0.717) is 5.92 Å². The Hall–Kier alpha value is -2.59. The molecule has 156 valence electrons. The normalized spacial score (nSPS) is 17.9. The number of aryl methyl sites for hydroxylation is 1. The minimum Gasteiger partial charge on any atom is -0.370 e. The Morgan fingerprint density at radius 1 is 0.967 bits per heavy atom. The number of para-hydroxylation sites is 1. The van der Waals surface area contributed by atoms with Gasteiger partial charge in [-0.25, -0.2) is 4.68 Å². The van der Waals surface area contributed by atoms with Crippen LogP contribution in [0.5, 0.6) is 0 Å². The summed E-state index contributed by atoms with van der Waals surface area (Å²) in [6.45, 7) is 6.59. The summed E-state index contributed by atoms with van der Waals surface area (Å²) in [5, 5.41) is 8.94. The minimum atomic E-state index is 0.566. The summed E-state index contributed by atoms with van der Waals surface area (Å²) in [6.07, 6.45) is 6.03. The third kappa shape index (κ3) is 3.89. The molecule has 2 aliphatic rings. The van der Waals surface area contributed by atoms with E-state index in [2.05, 4.69) is 76.4 Å². The van der Waals surface area contributed by atoms with Gasteiger partial charge in [0.2, 0.25) is 0 Å². The average molecular weight is 401 g/mol. The quantitative estimate of drug-likeness (QED) is 0.644. The van der Waals surface area contributed by atoms with E-state index in [1.165, 1.54) is 59.6 Å². The second-order valence-corrected chi connectivity index (χ2v) is 8.83. The number of benzene rings is 2. The predicted molar refractivity (Wildman–Crippen MR) is 123 cm³/mol. The Morgan fingerprint density at radius 3 is 2.53 bits per heavy atom. The van der Waals surface area contributed by atoms with Gasteiger partial charge in [0.15, 0.2) is 0 Å². The predicted octanol–water partition coefficient (Wildman–Crippen LogP) is 5.31. The molecule has 2 aliphatic heterocycles. The molecule has 0 aliphatic carbocycles. The van der Waals surface area contributed by atoms with Crippen LogP contribution in [0.4, 0.5) is 5.82 Å². The number of anilines is 1. The molecule has 0 atom stereocenters. The highest BCUT2D eigenvalue weighted by molar-refractivity contribution is 5.56. The van der Waals surface area contributed by atoms with Crippen molar-refractivity contribution in [2.75, 3.05) is 25.0 Å². The molecule has 4 heteroatoms. The number of fused-ring (bicyclic) bond motifs is 1. The smallest absolute Gasteiger partial charge is 0.133 e. The Bertz CT molecular complexity index is 984. The van der Waals surface area contributed by atoms with E-state index in [0.717, 1.165) is 32.6 Å². The molecule has 1 aromatic heterocycles. The van der Waals surface area contributed by atoms with Crippen LogP contribution >= 0.6 is 0 Å². The highest BCUT2D eigenvalue weighted by atomic mass is 15.3. The largest absolute Gasteiger partial charge is 0.370 e.